The summed E-state index contributed by atoms with van der Waals surface area (Å²) in [6.45, 7) is 4.83. The standard InChI is InChI=1S/C18H20N4O5/c1-10-4-5-13(7-15(10)22(26)27)17(24)20-9-16(23)19-8-14-11(2)6-12(3)21-18(14)25/h4-7H,8-9H2,1-3H3,(H,19,23)(H,20,24)(H,21,25). The van der Waals surface area contributed by atoms with E-state index >= 15 is 0 Å². The number of nitrogens with zero attached hydrogens (tertiary/aromatic N) is 1. The van der Waals surface area contributed by atoms with E-state index in [1.807, 2.05) is 0 Å². The molecule has 9 heteroatoms. The number of amides is 2. The van der Waals surface area contributed by atoms with Gasteiger partial charge in [0.1, 0.15) is 0 Å². The summed E-state index contributed by atoms with van der Waals surface area (Å²) >= 11 is 0. The van der Waals surface area contributed by atoms with Crippen LogP contribution in [0.3, 0.4) is 0 Å². The van der Waals surface area contributed by atoms with Gasteiger partial charge >= 0.3 is 0 Å². The van der Waals surface area contributed by atoms with Crippen LogP contribution in [0.15, 0.2) is 29.1 Å². The molecule has 0 aliphatic carbocycles. The van der Waals surface area contributed by atoms with E-state index in [9.17, 15) is 24.5 Å². The second kappa shape index (κ2) is 8.26. The van der Waals surface area contributed by atoms with Gasteiger partial charge in [-0.15, -0.1) is 0 Å². The first-order valence-electron chi connectivity index (χ1n) is 8.18. The molecule has 1 aromatic heterocycles. The van der Waals surface area contributed by atoms with E-state index in [1.165, 1.54) is 12.1 Å². The second-order valence-electron chi connectivity index (χ2n) is 6.16. The van der Waals surface area contributed by atoms with E-state index < -0.39 is 16.7 Å². The van der Waals surface area contributed by atoms with Gasteiger partial charge in [-0.3, -0.25) is 24.5 Å². The number of aryl methyl sites for hydroxylation is 3. The van der Waals surface area contributed by atoms with Crippen LogP contribution < -0.4 is 16.2 Å². The molecule has 0 atom stereocenters. The fourth-order valence-electron chi connectivity index (χ4n) is 2.56. The van der Waals surface area contributed by atoms with Crippen molar-refractivity contribution >= 4 is 17.5 Å². The van der Waals surface area contributed by atoms with E-state index in [4.69, 9.17) is 0 Å². The number of nitrogens with one attached hydrogen (secondary N) is 3. The lowest BCUT2D eigenvalue weighted by molar-refractivity contribution is -0.385. The molecule has 0 spiro atoms. The van der Waals surface area contributed by atoms with Crippen LogP contribution in [0.5, 0.6) is 0 Å². The Kier molecular flexibility index (Phi) is 6.07. The minimum Gasteiger partial charge on any atom is -0.350 e. The molecular formula is C18H20N4O5. The number of aromatic amines is 1. The number of benzene rings is 1. The average Bonchev–Trinajstić information content (AvgIpc) is 2.58. The minimum absolute atomic E-state index is 0.0339. The Morgan fingerprint density at radius 2 is 1.81 bits per heavy atom. The van der Waals surface area contributed by atoms with Crippen molar-refractivity contribution in [3.8, 4) is 0 Å². The quantitative estimate of drug-likeness (QED) is 0.518. The van der Waals surface area contributed by atoms with Crippen molar-refractivity contribution in [2.24, 2.45) is 0 Å². The van der Waals surface area contributed by atoms with Crippen molar-refractivity contribution in [2.75, 3.05) is 6.54 Å². The lowest BCUT2D eigenvalue weighted by Gasteiger charge is -2.09. The highest BCUT2D eigenvalue weighted by atomic mass is 16.6. The van der Waals surface area contributed by atoms with Gasteiger partial charge in [-0.25, -0.2) is 0 Å². The van der Waals surface area contributed by atoms with E-state index in [1.54, 1.807) is 26.8 Å². The molecule has 2 rings (SSSR count). The number of hydrogen-bond donors (Lipinski definition) is 3. The monoisotopic (exact) mass is 372 g/mol. The molecule has 0 saturated heterocycles. The van der Waals surface area contributed by atoms with Crippen LogP contribution in [0.1, 0.15) is 32.7 Å². The number of carbonyl (C=O) groups excluding carboxylic acids is 2. The first-order valence-corrected chi connectivity index (χ1v) is 8.18. The number of carbonyl (C=O) groups is 2. The van der Waals surface area contributed by atoms with Gasteiger partial charge in [0, 0.05) is 35.0 Å². The van der Waals surface area contributed by atoms with Crippen molar-refractivity contribution in [2.45, 2.75) is 27.3 Å². The zero-order valence-electron chi connectivity index (χ0n) is 15.2. The van der Waals surface area contributed by atoms with E-state index in [0.29, 0.717) is 11.1 Å². The first-order chi connectivity index (χ1) is 12.7. The Bertz CT molecular complexity index is 965. The van der Waals surface area contributed by atoms with Gasteiger partial charge in [-0.2, -0.15) is 0 Å². The van der Waals surface area contributed by atoms with Crippen LogP contribution in [-0.4, -0.2) is 28.3 Å². The molecule has 0 fully saturated rings. The van der Waals surface area contributed by atoms with Gasteiger partial charge in [-0.05, 0) is 38.5 Å². The Balaban J connectivity index is 1.94. The topological polar surface area (TPSA) is 134 Å². The second-order valence-corrected chi connectivity index (χ2v) is 6.16. The van der Waals surface area contributed by atoms with E-state index in [2.05, 4.69) is 15.6 Å². The third-order valence-corrected chi connectivity index (χ3v) is 4.03. The summed E-state index contributed by atoms with van der Waals surface area (Å²) in [5.74, 6) is -1.08. The van der Waals surface area contributed by atoms with Crippen LogP contribution in [0.2, 0.25) is 0 Å². The Morgan fingerprint density at radius 1 is 1.11 bits per heavy atom. The molecule has 0 aliphatic heterocycles. The number of H-pyrrole nitrogens is 1. The summed E-state index contributed by atoms with van der Waals surface area (Å²) in [5.41, 5.74) is 2.01. The number of rotatable bonds is 6. The molecule has 0 aliphatic rings. The smallest absolute Gasteiger partial charge is 0.273 e. The Morgan fingerprint density at radius 3 is 2.44 bits per heavy atom. The average molecular weight is 372 g/mol. The van der Waals surface area contributed by atoms with E-state index in [-0.39, 0.29) is 29.9 Å². The third kappa shape index (κ3) is 5.00. The summed E-state index contributed by atoms with van der Waals surface area (Å²) in [6, 6.07) is 5.89. The number of nitro groups is 1. The largest absolute Gasteiger partial charge is 0.350 e. The molecule has 0 saturated carbocycles. The van der Waals surface area contributed by atoms with Crippen molar-refractivity contribution < 1.29 is 14.5 Å². The summed E-state index contributed by atoms with van der Waals surface area (Å²) in [7, 11) is 0. The molecule has 1 aromatic carbocycles. The highest BCUT2D eigenvalue weighted by Crippen LogP contribution is 2.19. The Hall–Kier alpha value is -3.49. The molecular weight excluding hydrogens is 352 g/mol. The van der Waals surface area contributed by atoms with Gasteiger partial charge in [0.2, 0.25) is 5.91 Å². The van der Waals surface area contributed by atoms with Crippen LogP contribution >= 0.6 is 0 Å². The maximum atomic E-state index is 12.1. The van der Waals surface area contributed by atoms with Gasteiger partial charge in [0.25, 0.3) is 17.2 Å². The van der Waals surface area contributed by atoms with E-state index in [0.717, 1.165) is 17.3 Å². The van der Waals surface area contributed by atoms with Crippen molar-refractivity contribution in [1.82, 2.24) is 15.6 Å². The Labute approximate surface area is 155 Å². The normalized spacial score (nSPS) is 10.3. The zero-order chi connectivity index (χ0) is 20.1. The lowest BCUT2D eigenvalue weighted by atomic mass is 10.1. The van der Waals surface area contributed by atoms with Crippen LogP contribution in [0.25, 0.3) is 0 Å². The van der Waals surface area contributed by atoms with Crippen molar-refractivity contribution in [1.29, 1.82) is 0 Å². The number of aromatic nitrogens is 1. The first kappa shape index (κ1) is 19.8. The lowest BCUT2D eigenvalue weighted by Crippen LogP contribution is -2.37. The van der Waals surface area contributed by atoms with Crippen molar-refractivity contribution in [3.05, 3.63) is 72.7 Å². The number of hydrogen-bond acceptors (Lipinski definition) is 5. The molecule has 9 nitrogen and oxygen atoms in total. The van der Waals surface area contributed by atoms with Gasteiger partial charge in [0.05, 0.1) is 11.5 Å². The molecule has 142 valence electrons. The minimum atomic E-state index is -0.599. The molecule has 3 N–H and O–H groups in total. The fourth-order valence-corrected chi connectivity index (χ4v) is 2.56. The highest BCUT2D eigenvalue weighted by molar-refractivity contribution is 5.97. The maximum absolute atomic E-state index is 12.1. The zero-order valence-corrected chi connectivity index (χ0v) is 15.2. The SMILES string of the molecule is Cc1cc(C)c(CNC(=O)CNC(=O)c2ccc(C)c([N+](=O)[O-])c2)c(=O)[nH]1. The number of pyridine rings is 1. The maximum Gasteiger partial charge on any atom is 0.273 e. The van der Waals surface area contributed by atoms with Gasteiger partial charge < -0.3 is 15.6 Å². The van der Waals surface area contributed by atoms with Gasteiger partial charge in [0.15, 0.2) is 0 Å². The molecule has 0 bridgehead atoms. The molecule has 2 amide bonds. The van der Waals surface area contributed by atoms with Crippen LogP contribution in [0.4, 0.5) is 5.69 Å². The molecule has 27 heavy (non-hydrogen) atoms. The fraction of sp³-hybridized carbons (Fsp3) is 0.278. The van der Waals surface area contributed by atoms with Crippen LogP contribution in [0, 0.1) is 30.9 Å². The summed E-state index contributed by atoms with van der Waals surface area (Å²) in [5, 5.41) is 15.9. The molecule has 0 unspecified atom stereocenters. The third-order valence-electron chi connectivity index (χ3n) is 4.03. The predicted molar refractivity (Wildman–Crippen MR) is 98.6 cm³/mol. The summed E-state index contributed by atoms with van der Waals surface area (Å²) in [6.07, 6.45) is 0. The molecule has 1 heterocycles. The van der Waals surface area contributed by atoms with Crippen LogP contribution in [-0.2, 0) is 11.3 Å². The number of nitro benzene ring substituents is 1. The summed E-state index contributed by atoms with van der Waals surface area (Å²) in [4.78, 5) is 49.0. The van der Waals surface area contributed by atoms with Gasteiger partial charge in [-0.1, -0.05) is 6.07 Å². The molecule has 2 aromatic rings. The highest BCUT2D eigenvalue weighted by Gasteiger charge is 2.15. The predicted octanol–water partition coefficient (Wildman–Crippen LogP) is 1.25. The molecule has 0 radical (unpaired) electrons. The summed E-state index contributed by atoms with van der Waals surface area (Å²) < 4.78 is 0. The van der Waals surface area contributed by atoms with Crippen molar-refractivity contribution in [3.63, 3.8) is 0 Å².